The van der Waals surface area contributed by atoms with Crippen LogP contribution in [0.5, 0.6) is 5.75 Å². The summed E-state index contributed by atoms with van der Waals surface area (Å²) in [6, 6.07) is 8.00. The highest BCUT2D eigenvalue weighted by Gasteiger charge is 2.22. The zero-order chi connectivity index (χ0) is 10.7. The number of rotatable bonds is 3. The smallest absolute Gasteiger partial charge is 0.220 e. The number of benzene rings is 1. The molecule has 1 aliphatic rings. The van der Waals surface area contributed by atoms with Crippen LogP contribution in [0.2, 0.25) is 0 Å². The van der Waals surface area contributed by atoms with Gasteiger partial charge in [0.15, 0.2) is 0 Å². The fourth-order valence-electron chi connectivity index (χ4n) is 1.84. The zero-order valence-electron chi connectivity index (χ0n) is 8.82. The lowest BCUT2D eigenvalue weighted by molar-refractivity contribution is -0.119. The molecule has 0 bridgehead atoms. The molecule has 80 valence electrons. The lowest BCUT2D eigenvalue weighted by Crippen LogP contribution is -2.13. The van der Waals surface area contributed by atoms with Crippen molar-refractivity contribution >= 4 is 5.91 Å². The summed E-state index contributed by atoms with van der Waals surface area (Å²) in [4.78, 5) is 11.1. The maximum Gasteiger partial charge on any atom is 0.220 e. The van der Waals surface area contributed by atoms with Gasteiger partial charge < -0.3 is 10.1 Å². The fourth-order valence-corrected chi connectivity index (χ4v) is 1.84. The van der Waals surface area contributed by atoms with E-state index in [4.69, 9.17) is 4.74 Å². The number of nitrogens with one attached hydrogen (secondary N) is 1. The molecule has 1 unspecified atom stereocenters. The van der Waals surface area contributed by atoms with Crippen molar-refractivity contribution in [3.63, 3.8) is 0 Å². The third-order valence-electron chi connectivity index (χ3n) is 2.64. The molecule has 0 aliphatic carbocycles. The quantitative estimate of drug-likeness (QED) is 0.815. The third kappa shape index (κ3) is 2.29. The highest BCUT2D eigenvalue weighted by Crippen LogP contribution is 2.24. The summed E-state index contributed by atoms with van der Waals surface area (Å²) in [6.45, 7) is 3.41. The second kappa shape index (κ2) is 4.34. The molecule has 0 radical (unpaired) electrons. The van der Waals surface area contributed by atoms with E-state index in [1.54, 1.807) is 0 Å². The van der Waals surface area contributed by atoms with Gasteiger partial charge in [-0.1, -0.05) is 12.1 Å². The number of hydrogen-bond acceptors (Lipinski definition) is 2. The van der Waals surface area contributed by atoms with Gasteiger partial charge in [-0.3, -0.25) is 4.79 Å². The Labute approximate surface area is 89.4 Å². The molecule has 3 heteroatoms. The molecular weight excluding hydrogens is 190 g/mol. The largest absolute Gasteiger partial charge is 0.494 e. The third-order valence-corrected chi connectivity index (χ3v) is 2.64. The number of ether oxygens (including phenoxy) is 1. The minimum absolute atomic E-state index is 0.147. The molecule has 2 rings (SSSR count). The van der Waals surface area contributed by atoms with Crippen LogP contribution in [-0.4, -0.2) is 19.1 Å². The van der Waals surface area contributed by atoms with Crippen LogP contribution >= 0.6 is 0 Å². The van der Waals surface area contributed by atoms with E-state index in [0.29, 0.717) is 18.9 Å². The molecule has 15 heavy (non-hydrogen) atoms. The molecule has 0 saturated carbocycles. The molecule has 1 saturated heterocycles. The van der Waals surface area contributed by atoms with Gasteiger partial charge in [0.25, 0.3) is 0 Å². The van der Waals surface area contributed by atoms with Crippen LogP contribution in [0.3, 0.4) is 0 Å². The first-order valence-electron chi connectivity index (χ1n) is 5.29. The van der Waals surface area contributed by atoms with Crippen molar-refractivity contribution in [2.75, 3.05) is 13.2 Å². The molecule has 1 heterocycles. The Hall–Kier alpha value is -1.51. The average molecular weight is 205 g/mol. The van der Waals surface area contributed by atoms with Gasteiger partial charge in [-0.05, 0) is 24.6 Å². The van der Waals surface area contributed by atoms with Crippen LogP contribution < -0.4 is 10.1 Å². The molecule has 1 aromatic carbocycles. The highest BCUT2D eigenvalue weighted by molar-refractivity contribution is 5.79. The minimum atomic E-state index is 0.147. The monoisotopic (exact) mass is 205 g/mol. The molecular formula is C12H15NO2. The molecule has 1 N–H and O–H groups in total. The Kier molecular flexibility index (Phi) is 2.90. The van der Waals surface area contributed by atoms with Crippen LogP contribution in [0.4, 0.5) is 0 Å². The van der Waals surface area contributed by atoms with Gasteiger partial charge in [-0.2, -0.15) is 0 Å². The first kappa shape index (κ1) is 10.0. The Balaban J connectivity index is 2.06. The predicted octanol–water partition coefficient (Wildman–Crippen LogP) is 1.69. The Morgan fingerprint density at radius 2 is 2.13 bits per heavy atom. The summed E-state index contributed by atoms with van der Waals surface area (Å²) >= 11 is 0. The standard InChI is InChI=1S/C12H15NO2/c1-2-15-11-5-3-9(4-6-11)10-7-12(14)13-8-10/h3-6,10H,2,7-8H2,1H3,(H,13,14). The van der Waals surface area contributed by atoms with Crippen LogP contribution in [0.15, 0.2) is 24.3 Å². The maximum atomic E-state index is 11.1. The summed E-state index contributed by atoms with van der Waals surface area (Å²) in [6.07, 6.45) is 0.605. The summed E-state index contributed by atoms with van der Waals surface area (Å²) < 4.78 is 5.36. The van der Waals surface area contributed by atoms with Crippen molar-refractivity contribution in [1.82, 2.24) is 5.32 Å². The van der Waals surface area contributed by atoms with E-state index < -0.39 is 0 Å². The van der Waals surface area contributed by atoms with E-state index in [-0.39, 0.29) is 5.91 Å². The van der Waals surface area contributed by atoms with Crippen molar-refractivity contribution in [3.05, 3.63) is 29.8 Å². The van der Waals surface area contributed by atoms with Gasteiger partial charge in [-0.15, -0.1) is 0 Å². The van der Waals surface area contributed by atoms with E-state index in [1.807, 2.05) is 31.2 Å². The van der Waals surface area contributed by atoms with Crippen molar-refractivity contribution in [3.8, 4) is 5.75 Å². The van der Waals surface area contributed by atoms with Crippen molar-refractivity contribution < 1.29 is 9.53 Å². The molecule has 1 amide bonds. The fraction of sp³-hybridized carbons (Fsp3) is 0.417. The Morgan fingerprint density at radius 3 is 2.67 bits per heavy atom. The molecule has 0 aromatic heterocycles. The van der Waals surface area contributed by atoms with Crippen molar-refractivity contribution in [2.45, 2.75) is 19.3 Å². The molecule has 1 atom stereocenters. The molecule has 3 nitrogen and oxygen atoms in total. The lowest BCUT2D eigenvalue weighted by Gasteiger charge is -2.08. The van der Waals surface area contributed by atoms with E-state index >= 15 is 0 Å². The van der Waals surface area contributed by atoms with E-state index in [2.05, 4.69) is 5.32 Å². The number of carbonyl (C=O) groups excluding carboxylic acids is 1. The zero-order valence-corrected chi connectivity index (χ0v) is 8.82. The minimum Gasteiger partial charge on any atom is -0.494 e. The second-order valence-corrected chi connectivity index (χ2v) is 3.71. The van der Waals surface area contributed by atoms with Crippen LogP contribution in [-0.2, 0) is 4.79 Å². The molecule has 1 aromatic rings. The van der Waals surface area contributed by atoms with Crippen LogP contribution in [0.25, 0.3) is 0 Å². The summed E-state index contributed by atoms with van der Waals surface area (Å²) in [5.41, 5.74) is 1.21. The van der Waals surface area contributed by atoms with Crippen molar-refractivity contribution in [1.29, 1.82) is 0 Å². The second-order valence-electron chi connectivity index (χ2n) is 3.71. The number of hydrogen-bond donors (Lipinski definition) is 1. The number of carbonyl (C=O) groups is 1. The van der Waals surface area contributed by atoms with E-state index in [1.165, 1.54) is 5.56 Å². The first-order chi connectivity index (χ1) is 7.29. The number of amides is 1. The van der Waals surface area contributed by atoms with Crippen LogP contribution in [0.1, 0.15) is 24.8 Å². The molecule has 1 fully saturated rings. The summed E-state index contributed by atoms with van der Waals surface area (Å²) in [5, 5.41) is 2.84. The SMILES string of the molecule is CCOc1ccc(C2CNC(=O)C2)cc1. The molecule has 1 aliphatic heterocycles. The Morgan fingerprint density at radius 1 is 1.40 bits per heavy atom. The van der Waals surface area contributed by atoms with Gasteiger partial charge in [0.05, 0.1) is 6.61 Å². The van der Waals surface area contributed by atoms with E-state index in [0.717, 1.165) is 12.3 Å². The highest BCUT2D eigenvalue weighted by atomic mass is 16.5. The van der Waals surface area contributed by atoms with Gasteiger partial charge in [0.2, 0.25) is 5.91 Å². The topological polar surface area (TPSA) is 38.3 Å². The normalized spacial score (nSPS) is 20.1. The molecule has 0 spiro atoms. The van der Waals surface area contributed by atoms with E-state index in [9.17, 15) is 4.79 Å². The average Bonchev–Trinajstić information content (AvgIpc) is 2.67. The summed E-state index contributed by atoms with van der Waals surface area (Å²) in [5.74, 6) is 1.36. The van der Waals surface area contributed by atoms with Gasteiger partial charge in [-0.25, -0.2) is 0 Å². The Bertz CT molecular complexity index is 345. The van der Waals surface area contributed by atoms with Gasteiger partial charge in [0, 0.05) is 18.9 Å². The van der Waals surface area contributed by atoms with Gasteiger partial charge >= 0.3 is 0 Å². The van der Waals surface area contributed by atoms with Crippen molar-refractivity contribution in [2.24, 2.45) is 0 Å². The van der Waals surface area contributed by atoms with Crippen LogP contribution in [0, 0.1) is 0 Å². The maximum absolute atomic E-state index is 11.1. The first-order valence-corrected chi connectivity index (χ1v) is 5.29. The van der Waals surface area contributed by atoms with Gasteiger partial charge in [0.1, 0.15) is 5.75 Å². The summed E-state index contributed by atoms with van der Waals surface area (Å²) in [7, 11) is 0. The predicted molar refractivity (Wildman–Crippen MR) is 58.0 cm³/mol. The lowest BCUT2D eigenvalue weighted by atomic mass is 9.98.